The van der Waals surface area contributed by atoms with Crippen LogP contribution in [0, 0.1) is 6.07 Å². The monoisotopic (exact) mass is 158 g/mol. The van der Waals surface area contributed by atoms with E-state index in [1.165, 1.54) is 0 Å². The van der Waals surface area contributed by atoms with Crippen molar-refractivity contribution in [2.75, 3.05) is 5.73 Å². The van der Waals surface area contributed by atoms with Gasteiger partial charge in [-0.15, -0.1) is 0 Å². The van der Waals surface area contributed by atoms with Crippen LogP contribution in [0.2, 0.25) is 0 Å². The van der Waals surface area contributed by atoms with Crippen LogP contribution in [0.15, 0.2) is 36.7 Å². The number of anilines is 1. The van der Waals surface area contributed by atoms with Gasteiger partial charge in [-0.3, -0.25) is 0 Å². The summed E-state index contributed by atoms with van der Waals surface area (Å²) in [6.45, 7) is 0. The van der Waals surface area contributed by atoms with Crippen LogP contribution >= 0.6 is 0 Å². The standard InChI is InChI=1S/C9H8N3/c10-8-4-1-2-5-9(8)12-7-3-6-11-12/h1,3-7H,10H2. The molecule has 1 aromatic heterocycles. The highest BCUT2D eigenvalue weighted by Crippen LogP contribution is 2.13. The predicted octanol–water partition coefficient (Wildman–Crippen LogP) is 1.25. The number of nitrogens with zero attached hydrogens (tertiary/aromatic N) is 2. The number of rotatable bonds is 1. The molecule has 0 saturated heterocycles. The molecule has 1 aromatic carbocycles. The topological polar surface area (TPSA) is 43.8 Å². The highest BCUT2D eigenvalue weighted by molar-refractivity contribution is 5.56. The van der Waals surface area contributed by atoms with Crippen molar-refractivity contribution in [2.45, 2.75) is 0 Å². The Balaban J connectivity index is 2.55. The lowest BCUT2D eigenvalue weighted by Crippen LogP contribution is -1.99. The normalized spacial score (nSPS) is 10.0. The fraction of sp³-hybridized carbons (Fsp3) is 0. The second-order valence-corrected chi connectivity index (χ2v) is 2.44. The summed E-state index contributed by atoms with van der Waals surface area (Å²) in [5.74, 6) is 0. The third-order valence-electron chi connectivity index (χ3n) is 1.63. The minimum atomic E-state index is 0.706. The molecule has 0 unspecified atom stereocenters. The molecule has 0 amide bonds. The van der Waals surface area contributed by atoms with Gasteiger partial charge in [0.05, 0.1) is 11.4 Å². The number of benzene rings is 1. The van der Waals surface area contributed by atoms with Crippen LogP contribution in [0.1, 0.15) is 0 Å². The summed E-state index contributed by atoms with van der Waals surface area (Å²) in [7, 11) is 0. The lowest BCUT2D eigenvalue weighted by atomic mass is 10.3. The molecule has 0 aliphatic rings. The summed E-state index contributed by atoms with van der Waals surface area (Å²) >= 11 is 0. The molecule has 0 spiro atoms. The van der Waals surface area contributed by atoms with E-state index in [4.69, 9.17) is 5.73 Å². The van der Waals surface area contributed by atoms with E-state index >= 15 is 0 Å². The molecule has 0 aliphatic heterocycles. The Labute approximate surface area is 70.4 Å². The Morgan fingerprint density at radius 3 is 3.08 bits per heavy atom. The minimum absolute atomic E-state index is 0.706. The largest absolute Gasteiger partial charge is 0.397 e. The van der Waals surface area contributed by atoms with E-state index in [0.717, 1.165) is 5.69 Å². The molecule has 0 bridgehead atoms. The first-order valence-corrected chi connectivity index (χ1v) is 3.63. The molecule has 1 radical (unpaired) electrons. The quantitative estimate of drug-likeness (QED) is 0.635. The molecular formula is C9H8N3. The van der Waals surface area contributed by atoms with Gasteiger partial charge in [0, 0.05) is 12.4 Å². The van der Waals surface area contributed by atoms with Crippen LogP contribution in [0.5, 0.6) is 0 Å². The van der Waals surface area contributed by atoms with Gasteiger partial charge in [-0.1, -0.05) is 6.07 Å². The maximum Gasteiger partial charge on any atom is 0.0880 e. The molecule has 3 nitrogen and oxygen atoms in total. The zero-order valence-corrected chi connectivity index (χ0v) is 6.44. The van der Waals surface area contributed by atoms with Crippen LogP contribution < -0.4 is 5.73 Å². The zero-order chi connectivity index (χ0) is 8.39. The first-order valence-electron chi connectivity index (χ1n) is 3.63. The van der Waals surface area contributed by atoms with E-state index in [2.05, 4.69) is 11.2 Å². The van der Waals surface area contributed by atoms with E-state index in [1.54, 1.807) is 23.0 Å². The minimum Gasteiger partial charge on any atom is -0.397 e. The Bertz CT molecular complexity index is 365. The molecule has 0 saturated carbocycles. The van der Waals surface area contributed by atoms with Crippen molar-refractivity contribution in [3.63, 3.8) is 0 Å². The van der Waals surface area contributed by atoms with Crippen molar-refractivity contribution in [1.29, 1.82) is 0 Å². The van der Waals surface area contributed by atoms with Gasteiger partial charge in [0.2, 0.25) is 0 Å². The second-order valence-electron chi connectivity index (χ2n) is 2.44. The average Bonchev–Trinajstić information content (AvgIpc) is 2.57. The third-order valence-corrected chi connectivity index (χ3v) is 1.63. The van der Waals surface area contributed by atoms with Gasteiger partial charge >= 0.3 is 0 Å². The van der Waals surface area contributed by atoms with Crippen molar-refractivity contribution in [3.8, 4) is 5.69 Å². The van der Waals surface area contributed by atoms with Gasteiger partial charge in [-0.25, -0.2) is 4.68 Å². The number of nitrogens with two attached hydrogens (primary N) is 1. The molecule has 3 heteroatoms. The number of nitrogen functional groups attached to an aromatic ring is 1. The molecule has 2 N–H and O–H groups in total. The van der Waals surface area contributed by atoms with E-state index in [-0.39, 0.29) is 0 Å². The summed E-state index contributed by atoms with van der Waals surface area (Å²) in [6.07, 6.45) is 3.56. The van der Waals surface area contributed by atoms with Crippen LogP contribution in [0.3, 0.4) is 0 Å². The number of hydrogen-bond donors (Lipinski definition) is 1. The molecule has 0 fully saturated rings. The highest BCUT2D eigenvalue weighted by atomic mass is 15.3. The van der Waals surface area contributed by atoms with Gasteiger partial charge in [-0.05, 0) is 24.3 Å². The molecule has 12 heavy (non-hydrogen) atoms. The lowest BCUT2D eigenvalue weighted by Gasteiger charge is -2.03. The second kappa shape index (κ2) is 2.70. The predicted molar refractivity (Wildman–Crippen MR) is 46.8 cm³/mol. The Morgan fingerprint density at radius 2 is 2.42 bits per heavy atom. The van der Waals surface area contributed by atoms with E-state index in [1.807, 2.05) is 18.3 Å². The van der Waals surface area contributed by atoms with Crippen molar-refractivity contribution >= 4 is 5.69 Å². The van der Waals surface area contributed by atoms with E-state index < -0.39 is 0 Å². The molecule has 0 atom stereocenters. The van der Waals surface area contributed by atoms with E-state index in [0.29, 0.717) is 5.69 Å². The highest BCUT2D eigenvalue weighted by Gasteiger charge is 1.98. The SMILES string of the molecule is Nc1cc[c]cc1-n1cccn1. The Kier molecular flexibility index (Phi) is 1.55. The van der Waals surface area contributed by atoms with Gasteiger partial charge in [-0.2, -0.15) is 5.10 Å². The van der Waals surface area contributed by atoms with Crippen LogP contribution in [0.25, 0.3) is 5.69 Å². The smallest absolute Gasteiger partial charge is 0.0880 e. The zero-order valence-electron chi connectivity index (χ0n) is 6.44. The summed E-state index contributed by atoms with van der Waals surface area (Å²) in [5, 5.41) is 4.06. The first-order chi connectivity index (χ1) is 5.88. The number of hydrogen-bond acceptors (Lipinski definition) is 2. The molecule has 2 rings (SSSR count). The van der Waals surface area contributed by atoms with Crippen molar-refractivity contribution in [1.82, 2.24) is 9.78 Å². The summed E-state index contributed by atoms with van der Waals surface area (Å²) in [4.78, 5) is 0. The van der Waals surface area contributed by atoms with Crippen LogP contribution in [0.4, 0.5) is 5.69 Å². The van der Waals surface area contributed by atoms with E-state index in [9.17, 15) is 0 Å². The van der Waals surface area contributed by atoms with Gasteiger partial charge in [0.1, 0.15) is 0 Å². The van der Waals surface area contributed by atoms with Crippen LogP contribution in [-0.4, -0.2) is 9.78 Å². The summed E-state index contributed by atoms with van der Waals surface area (Å²) in [5.41, 5.74) is 7.30. The fourth-order valence-corrected chi connectivity index (χ4v) is 1.04. The summed E-state index contributed by atoms with van der Waals surface area (Å²) < 4.78 is 1.71. The van der Waals surface area contributed by atoms with Crippen molar-refractivity contribution in [2.24, 2.45) is 0 Å². The molecular weight excluding hydrogens is 150 g/mol. The van der Waals surface area contributed by atoms with Crippen LogP contribution in [-0.2, 0) is 0 Å². The number of aromatic nitrogens is 2. The molecule has 59 valence electrons. The molecule has 2 aromatic rings. The lowest BCUT2D eigenvalue weighted by molar-refractivity contribution is 0.883. The van der Waals surface area contributed by atoms with Crippen molar-refractivity contribution < 1.29 is 0 Å². The maximum absolute atomic E-state index is 5.73. The third kappa shape index (κ3) is 1.05. The molecule has 0 aliphatic carbocycles. The Hall–Kier alpha value is -1.77. The van der Waals surface area contributed by atoms with Gasteiger partial charge in [0.25, 0.3) is 0 Å². The van der Waals surface area contributed by atoms with Crippen molar-refractivity contribution in [3.05, 3.63) is 42.7 Å². The van der Waals surface area contributed by atoms with Gasteiger partial charge in [0.15, 0.2) is 0 Å². The molecule has 1 heterocycles. The fourth-order valence-electron chi connectivity index (χ4n) is 1.04. The average molecular weight is 158 g/mol. The van der Waals surface area contributed by atoms with Gasteiger partial charge < -0.3 is 5.73 Å². The first kappa shape index (κ1) is 6.91. The summed E-state index contributed by atoms with van der Waals surface area (Å²) in [6, 6.07) is 10.2. The Morgan fingerprint density at radius 1 is 1.50 bits per heavy atom. The maximum atomic E-state index is 5.73.